The SMILES string of the molecule is CC(C)(C[C@H](CO[Si](C)(C)C(C)(C)C)c1ccc(F)c(F)c1)S(N)=O. The molecule has 2 N–H and O–H groups in total. The highest BCUT2D eigenvalue weighted by atomic mass is 32.2. The zero-order chi connectivity index (χ0) is 19.6. The third kappa shape index (κ3) is 5.94. The number of benzene rings is 1. The van der Waals surface area contributed by atoms with Gasteiger partial charge in [0.1, 0.15) is 0 Å². The summed E-state index contributed by atoms with van der Waals surface area (Å²) in [6.45, 7) is 14.7. The highest BCUT2D eigenvalue weighted by Gasteiger charge is 2.38. The molecule has 2 atom stereocenters. The summed E-state index contributed by atoms with van der Waals surface area (Å²) in [7, 11) is -3.54. The highest BCUT2D eigenvalue weighted by molar-refractivity contribution is 7.84. The van der Waals surface area contributed by atoms with Gasteiger partial charge in [-0.3, -0.25) is 5.14 Å². The Morgan fingerprint density at radius 1 is 1.16 bits per heavy atom. The third-order valence-corrected chi connectivity index (χ3v) is 10.9. The molecule has 0 fully saturated rings. The van der Waals surface area contributed by atoms with E-state index < -0.39 is 35.7 Å². The van der Waals surface area contributed by atoms with Crippen LogP contribution in [0.1, 0.15) is 52.5 Å². The molecule has 0 aliphatic carbocycles. The summed E-state index contributed by atoms with van der Waals surface area (Å²) < 4.78 is 44.5. The largest absolute Gasteiger partial charge is 0.416 e. The number of hydrogen-bond acceptors (Lipinski definition) is 2. The van der Waals surface area contributed by atoms with Crippen LogP contribution in [0, 0.1) is 11.6 Å². The van der Waals surface area contributed by atoms with Crippen LogP contribution in [0.3, 0.4) is 0 Å². The Labute approximate surface area is 154 Å². The molecular weight excluding hydrogens is 360 g/mol. The summed E-state index contributed by atoms with van der Waals surface area (Å²) in [5, 5.41) is 5.65. The van der Waals surface area contributed by atoms with Crippen LogP contribution in [0.15, 0.2) is 18.2 Å². The van der Waals surface area contributed by atoms with Gasteiger partial charge in [0.2, 0.25) is 0 Å². The van der Waals surface area contributed by atoms with E-state index in [0.29, 0.717) is 18.6 Å². The first-order valence-electron chi connectivity index (χ1n) is 8.42. The first-order chi connectivity index (χ1) is 11.2. The smallest absolute Gasteiger partial charge is 0.192 e. The zero-order valence-electron chi connectivity index (χ0n) is 16.3. The van der Waals surface area contributed by atoms with Gasteiger partial charge >= 0.3 is 0 Å². The maximum absolute atomic E-state index is 13.7. The quantitative estimate of drug-likeness (QED) is 0.675. The van der Waals surface area contributed by atoms with Crippen molar-refractivity contribution in [3.05, 3.63) is 35.4 Å². The second-order valence-electron chi connectivity index (χ2n) is 8.70. The fourth-order valence-electron chi connectivity index (χ4n) is 2.24. The lowest BCUT2D eigenvalue weighted by Gasteiger charge is -2.38. The minimum absolute atomic E-state index is 0.0395. The number of hydrogen-bond donors (Lipinski definition) is 1. The molecule has 7 heteroatoms. The molecule has 1 aromatic rings. The predicted molar refractivity (Wildman–Crippen MR) is 103 cm³/mol. The van der Waals surface area contributed by atoms with E-state index in [1.165, 1.54) is 6.07 Å². The summed E-state index contributed by atoms with van der Waals surface area (Å²) in [4.78, 5) is 0. The van der Waals surface area contributed by atoms with Gasteiger partial charge in [0, 0.05) is 12.5 Å². The van der Waals surface area contributed by atoms with Crippen LogP contribution in [0.5, 0.6) is 0 Å². The first-order valence-corrected chi connectivity index (χ1v) is 12.5. The molecule has 0 radical (unpaired) electrons. The molecule has 0 aliphatic rings. The molecule has 0 spiro atoms. The average Bonchev–Trinajstić information content (AvgIpc) is 2.45. The van der Waals surface area contributed by atoms with Crippen molar-refractivity contribution < 1.29 is 17.4 Å². The summed E-state index contributed by atoms with van der Waals surface area (Å²) in [5.74, 6) is -1.98. The molecule has 1 rings (SSSR count). The van der Waals surface area contributed by atoms with Crippen LogP contribution in [0.4, 0.5) is 8.78 Å². The fourth-order valence-corrected chi connectivity index (χ4v) is 3.66. The van der Waals surface area contributed by atoms with Crippen molar-refractivity contribution in [1.29, 1.82) is 0 Å². The second kappa shape index (κ2) is 7.94. The molecule has 3 nitrogen and oxygen atoms in total. The zero-order valence-corrected chi connectivity index (χ0v) is 18.1. The van der Waals surface area contributed by atoms with Gasteiger partial charge in [-0.05, 0) is 56.1 Å². The van der Waals surface area contributed by atoms with Gasteiger partial charge in [-0.1, -0.05) is 26.8 Å². The summed E-state index contributed by atoms with van der Waals surface area (Å²) >= 11 is 0. The van der Waals surface area contributed by atoms with Gasteiger partial charge in [0.15, 0.2) is 20.0 Å². The number of rotatable bonds is 7. The maximum Gasteiger partial charge on any atom is 0.192 e. The molecule has 0 bridgehead atoms. The third-order valence-electron chi connectivity index (χ3n) is 5.15. The van der Waals surface area contributed by atoms with E-state index in [2.05, 4.69) is 33.9 Å². The summed E-state index contributed by atoms with van der Waals surface area (Å²) in [6.07, 6.45) is 0.454. The highest BCUT2D eigenvalue weighted by Crippen LogP contribution is 2.38. The summed E-state index contributed by atoms with van der Waals surface area (Å²) in [5.41, 5.74) is 0.635. The molecule has 0 aromatic heterocycles. The standard InChI is InChI=1S/C18H31F2NO2SSi/c1-17(2,3)25(6,7)23-12-14(11-18(4,5)24(21)22)13-8-9-15(19)16(20)10-13/h8-10,14H,11-12,21H2,1-7H3/t14-,24?/m1/s1. The topological polar surface area (TPSA) is 52.3 Å². The molecule has 0 amide bonds. The van der Waals surface area contributed by atoms with Crippen molar-refractivity contribution in [3.8, 4) is 0 Å². The maximum atomic E-state index is 13.7. The Bertz CT molecular complexity index is 630. The lowest BCUT2D eigenvalue weighted by molar-refractivity contribution is 0.250. The fraction of sp³-hybridized carbons (Fsp3) is 0.667. The summed E-state index contributed by atoms with van der Waals surface area (Å²) in [6, 6.07) is 3.88. The van der Waals surface area contributed by atoms with E-state index >= 15 is 0 Å². The first kappa shape index (κ1) is 22.4. The number of halogens is 2. The van der Waals surface area contributed by atoms with E-state index in [1.807, 2.05) is 13.8 Å². The minimum atomic E-state index is -2.00. The Kier molecular flexibility index (Phi) is 7.12. The average molecular weight is 392 g/mol. The van der Waals surface area contributed by atoms with E-state index in [-0.39, 0.29) is 11.0 Å². The van der Waals surface area contributed by atoms with Crippen molar-refractivity contribution in [3.63, 3.8) is 0 Å². The van der Waals surface area contributed by atoms with Crippen molar-refractivity contribution in [2.75, 3.05) is 6.61 Å². The normalized spacial score (nSPS) is 15.9. The molecule has 144 valence electrons. The van der Waals surface area contributed by atoms with Gasteiger partial charge in [0.05, 0.1) is 15.7 Å². The van der Waals surface area contributed by atoms with Gasteiger partial charge in [-0.15, -0.1) is 0 Å². The van der Waals surface area contributed by atoms with Gasteiger partial charge in [-0.25, -0.2) is 13.0 Å². The Morgan fingerprint density at radius 2 is 1.72 bits per heavy atom. The minimum Gasteiger partial charge on any atom is -0.416 e. The van der Waals surface area contributed by atoms with Crippen molar-refractivity contribution in [2.45, 2.75) is 69.8 Å². The molecule has 0 saturated heterocycles. The predicted octanol–water partition coefficient (Wildman–Crippen LogP) is 4.86. The Hall–Kier alpha value is -0.633. The van der Waals surface area contributed by atoms with E-state index in [4.69, 9.17) is 9.56 Å². The lowest BCUT2D eigenvalue weighted by Crippen LogP contribution is -2.42. The molecule has 25 heavy (non-hydrogen) atoms. The van der Waals surface area contributed by atoms with Gasteiger partial charge in [0.25, 0.3) is 0 Å². The molecule has 0 aliphatic heterocycles. The van der Waals surface area contributed by atoms with Gasteiger partial charge in [-0.2, -0.15) is 0 Å². The van der Waals surface area contributed by atoms with Crippen LogP contribution in [0.2, 0.25) is 18.1 Å². The second-order valence-corrected chi connectivity index (χ2v) is 15.2. The van der Waals surface area contributed by atoms with Crippen molar-refractivity contribution in [1.82, 2.24) is 0 Å². The van der Waals surface area contributed by atoms with Crippen LogP contribution in [-0.4, -0.2) is 23.9 Å². The molecule has 0 heterocycles. The van der Waals surface area contributed by atoms with Crippen LogP contribution >= 0.6 is 0 Å². The van der Waals surface area contributed by atoms with Crippen LogP contribution in [0.25, 0.3) is 0 Å². The van der Waals surface area contributed by atoms with E-state index in [0.717, 1.165) is 6.07 Å². The molecular formula is C18H31F2NO2SSi. The van der Waals surface area contributed by atoms with E-state index in [9.17, 15) is 13.0 Å². The van der Waals surface area contributed by atoms with E-state index in [1.54, 1.807) is 6.07 Å². The lowest BCUT2D eigenvalue weighted by atomic mass is 9.90. The molecule has 1 unspecified atom stereocenters. The molecule has 1 aromatic carbocycles. The monoisotopic (exact) mass is 391 g/mol. The Morgan fingerprint density at radius 3 is 2.16 bits per heavy atom. The van der Waals surface area contributed by atoms with Gasteiger partial charge < -0.3 is 4.43 Å². The van der Waals surface area contributed by atoms with Crippen LogP contribution in [-0.2, 0) is 15.4 Å². The molecule has 0 saturated carbocycles. The van der Waals surface area contributed by atoms with Crippen molar-refractivity contribution >= 4 is 19.3 Å². The van der Waals surface area contributed by atoms with Crippen LogP contribution < -0.4 is 5.14 Å². The number of nitrogens with two attached hydrogens (primary N) is 1. The Balaban J connectivity index is 3.11. The van der Waals surface area contributed by atoms with Crippen molar-refractivity contribution in [2.24, 2.45) is 5.14 Å².